The summed E-state index contributed by atoms with van der Waals surface area (Å²) in [7, 11) is 0. The molecule has 0 unspecified atom stereocenters. The lowest BCUT2D eigenvalue weighted by Gasteiger charge is -2.12. The Labute approximate surface area is 163 Å². The Morgan fingerprint density at radius 3 is 2.66 bits per heavy atom. The van der Waals surface area contributed by atoms with Crippen molar-refractivity contribution >= 4 is 17.1 Å². The Balaban J connectivity index is 1.82. The van der Waals surface area contributed by atoms with Gasteiger partial charge in [-0.1, -0.05) is 12.1 Å². The van der Waals surface area contributed by atoms with Gasteiger partial charge in [0, 0.05) is 0 Å². The van der Waals surface area contributed by atoms with E-state index in [2.05, 4.69) is 19.9 Å². The van der Waals surface area contributed by atoms with Gasteiger partial charge in [-0.15, -0.1) is 0 Å². The van der Waals surface area contributed by atoms with Crippen molar-refractivity contribution in [2.75, 3.05) is 6.61 Å². The Morgan fingerprint density at radius 1 is 1.17 bits per heavy atom. The fourth-order valence-electron chi connectivity index (χ4n) is 3.04. The molecule has 0 aliphatic carbocycles. The number of ether oxygens (including phenoxy) is 1. The standard InChI is InChI=1S/C20H16N4O5/c1-2-29-15-8-11(10-3-5-12(20(27)28)14(25)7-10)4-6-13(15)17-23-18-16(19(26)24-17)21-9-22-18/h3-9,25H,2H2,1H3,(H,27,28)(H2,21,22,23,24,26). The number of rotatable bonds is 5. The maximum absolute atomic E-state index is 12.2. The lowest BCUT2D eigenvalue weighted by molar-refractivity contribution is 0.0694. The van der Waals surface area contributed by atoms with Crippen molar-refractivity contribution in [3.63, 3.8) is 0 Å². The fraction of sp³-hybridized carbons (Fsp3) is 0.100. The van der Waals surface area contributed by atoms with Crippen molar-refractivity contribution in [1.82, 2.24) is 19.9 Å². The van der Waals surface area contributed by atoms with Crippen molar-refractivity contribution < 1.29 is 19.7 Å². The molecule has 4 N–H and O–H groups in total. The smallest absolute Gasteiger partial charge is 0.339 e. The molecule has 0 saturated carbocycles. The Bertz CT molecular complexity index is 1290. The number of hydrogen-bond donors (Lipinski definition) is 4. The third kappa shape index (κ3) is 3.29. The highest BCUT2D eigenvalue weighted by Crippen LogP contribution is 2.34. The molecule has 29 heavy (non-hydrogen) atoms. The fourth-order valence-corrected chi connectivity index (χ4v) is 3.04. The predicted octanol–water partition coefficient (Wildman–Crippen LogP) is 2.78. The summed E-state index contributed by atoms with van der Waals surface area (Å²) in [4.78, 5) is 37.2. The van der Waals surface area contributed by atoms with E-state index in [1.165, 1.54) is 18.5 Å². The summed E-state index contributed by atoms with van der Waals surface area (Å²) >= 11 is 0. The average molecular weight is 392 g/mol. The van der Waals surface area contributed by atoms with Crippen LogP contribution in [0.4, 0.5) is 0 Å². The Hall–Kier alpha value is -4.14. The first-order chi connectivity index (χ1) is 14.0. The summed E-state index contributed by atoms with van der Waals surface area (Å²) in [5.74, 6) is -0.726. The number of imidazole rings is 1. The van der Waals surface area contributed by atoms with Crippen LogP contribution >= 0.6 is 0 Å². The molecule has 0 aliphatic rings. The van der Waals surface area contributed by atoms with E-state index in [4.69, 9.17) is 9.84 Å². The number of carbonyl (C=O) groups is 1. The minimum Gasteiger partial charge on any atom is -0.507 e. The molecule has 4 aromatic rings. The molecule has 4 rings (SSSR count). The molecule has 0 amide bonds. The van der Waals surface area contributed by atoms with Gasteiger partial charge in [0.25, 0.3) is 5.56 Å². The molecule has 0 fully saturated rings. The van der Waals surface area contributed by atoms with Gasteiger partial charge < -0.3 is 24.9 Å². The zero-order valence-electron chi connectivity index (χ0n) is 15.3. The molecular weight excluding hydrogens is 376 g/mol. The number of carboxylic acid groups (broad SMARTS) is 1. The lowest BCUT2D eigenvalue weighted by atomic mass is 10.0. The van der Waals surface area contributed by atoms with E-state index in [1.54, 1.807) is 24.3 Å². The quantitative estimate of drug-likeness (QED) is 0.409. The predicted molar refractivity (Wildman–Crippen MR) is 105 cm³/mol. The second-order valence-corrected chi connectivity index (χ2v) is 6.20. The number of benzene rings is 2. The monoisotopic (exact) mass is 392 g/mol. The molecule has 0 saturated heterocycles. The third-order valence-corrected chi connectivity index (χ3v) is 4.39. The number of aromatic amines is 2. The maximum atomic E-state index is 12.2. The van der Waals surface area contributed by atoms with Gasteiger partial charge in [-0.3, -0.25) is 4.79 Å². The molecule has 2 aromatic heterocycles. The van der Waals surface area contributed by atoms with Gasteiger partial charge in [-0.05, 0) is 42.3 Å². The number of H-pyrrole nitrogens is 2. The number of aromatic nitrogens is 4. The van der Waals surface area contributed by atoms with Gasteiger partial charge in [-0.25, -0.2) is 14.8 Å². The van der Waals surface area contributed by atoms with Crippen LogP contribution in [0.1, 0.15) is 17.3 Å². The zero-order valence-corrected chi connectivity index (χ0v) is 15.3. The largest absolute Gasteiger partial charge is 0.507 e. The molecule has 0 radical (unpaired) electrons. The highest BCUT2D eigenvalue weighted by Gasteiger charge is 2.15. The number of hydrogen-bond acceptors (Lipinski definition) is 6. The second kappa shape index (κ2) is 7.12. The summed E-state index contributed by atoms with van der Waals surface area (Å²) in [6.07, 6.45) is 1.40. The number of nitrogens with one attached hydrogen (secondary N) is 2. The molecule has 2 aromatic carbocycles. The number of nitrogens with zero attached hydrogens (tertiary/aromatic N) is 2. The van der Waals surface area contributed by atoms with Crippen LogP contribution in [0.3, 0.4) is 0 Å². The minimum atomic E-state index is -1.20. The van der Waals surface area contributed by atoms with Crippen LogP contribution < -0.4 is 10.3 Å². The molecule has 9 heteroatoms. The number of aromatic hydroxyl groups is 1. The maximum Gasteiger partial charge on any atom is 0.339 e. The van der Waals surface area contributed by atoms with E-state index >= 15 is 0 Å². The van der Waals surface area contributed by atoms with Crippen LogP contribution in [-0.2, 0) is 0 Å². The van der Waals surface area contributed by atoms with Crippen LogP contribution in [0.2, 0.25) is 0 Å². The number of phenols is 1. The lowest BCUT2D eigenvalue weighted by Crippen LogP contribution is -2.10. The van der Waals surface area contributed by atoms with Crippen LogP contribution in [-0.4, -0.2) is 42.7 Å². The summed E-state index contributed by atoms with van der Waals surface area (Å²) < 4.78 is 5.73. The van der Waals surface area contributed by atoms with E-state index in [1.807, 2.05) is 6.92 Å². The van der Waals surface area contributed by atoms with Crippen LogP contribution in [0.25, 0.3) is 33.7 Å². The molecule has 0 spiro atoms. The van der Waals surface area contributed by atoms with Gasteiger partial charge in [0.1, 0.15) is 22.9 Å². The zero-order chi connectivity index (χ0) is 20.5. The van der Waals surface area contributed by atoms with Crippen molar-refractivity contribution in [2.24, 2.45) is 0 Å². The Kier molecular flexibility index (Phi) is 4.47. The first-order valence-electron chi connectivity index (χ1n) is 8.75. The van der Waals surface area contributed by atoms with Crippen molar-refractivity contribution in [3.8, 4) is 34.0 Å². The van der Waals surface area contributed by atoms with Gasteiger partial charge >= 0.3 is 5.97 Å². The third-order valence-electron chi connectivity index (χ3n) is 4.39. The summed E-state index contributed by atoms with van der Waals surface area (Å²) in [5, 5.41) is 19.0. The summed E-state index contributed by atoms with van der Waals surface area (Å²) in [5.41, 5.74) is 1.94. The van der Waals surface area contributed by atoms with Crippen molar-refractivity contribution in [3.05, 3.63) is 58.6 Å². The van der Waals surface area contributed by atoms with Gasteiger partial charge in [0.2, 0.25) is 0 Å². The first-order valence-corrected chi connectivity index (χ1v) is 8.75. The van der Waals surface area contributed by atoms with Gasteiger partial charge in [0.05, 0.1) is 18.5 Å². The Morgan fingerprint density at radius 2 is 1.93 bits per heavy atom. The van der Waals surface area contributed by atoms with E-state index in [-0.39, 0.29) is 22.4 Å². The van der Waals surface area contributed by atoms with Crippen LogP contribution in [0, 0.1) is 0 Å². The molecule has 0 aliphatic heterocycles. The van der Waals surface area contributed by atoms with Crippen LogP contribution in [0.15, 0.2) is 47.5 Å². The molecule has 9 nitrogen and oxygen atoms in total. The number of carboxylic acids is 1. The first kappa shape index (κ1) is 18.2. The van der Waals surface area contributed by atoms with Crippen LogP contribution in [0.5, 0.6) is 11.5 Å². The normalized spacial score (nSPS) is 10.9. The number of fused-ring (bicyclic) bond motifs is 1. The van der Waals surface area contributed by atoms with E-state index in [9.17, 15) is 14.7 Å². The van der Waals surface area contributed by atoms with Gasteiger partial charge in [-0.2, -0.15) is 0 Å². The van der Waals surface area contributed by atoms with E-state index < -0.39 is 5.97 Å². The van der Waals surface area contributed by atoms with E-state index in [0.29, 0.717) is 40.5 Å². The molecule has 146 valence electrons. The van der Waals surface area contributed by atoms with E-state index in [0.717, 1.165) is 0 Å². The van der Waals surface area contributed by atoms with Crippen molar-refractivity contribution in [2.45, 2.75) is 6.92 Å². The highest BCUT2D eigenvalue weighted by atomic mass is 16.5. The summed E-state index contributed by atoms with van der Waals surface area (Å²) in [6.45, 7) is 2.22. The van der Waals surface area contributed by atoms with Crippen molar-refractivity contribution in [1.29, 1.82) is 0 Å². The second-order valence-electron chi connectivity index (χ2n) is 6.20. The highest BCUT2D eigenvalue weighted by molar-refractivity contribution is 5.92. The molecular formula is C20H16N4O5. The molecule has 2 heterocycles. The average Bonchev–Trinajstić information content (AvgIpc) is 3.17. The number of aromatic carboxylic acids is 1. The summed E-state index contributed by atoms with van der Waals surface area (Å²) in [6, 6.07) is 9.57. The molecule has 0 atom stereocenters. The topological polar surface area (TPSA) is 141 Å². The molecule has 0 bridgehead atoms. The SMILES string of the molecule is CCOc1cc(-c2ccc(C(=O)O)c(O)c2)ccc1-c1nc2[nH]cnc2c(=O)[nH]1. The minimum absolute atomic E-state index is 0.176. The van der Waals surface area contributed by atoms with Gasteiger partial charge in [0.15, 0.2) is 11.2 Å².